The summed E-state index contributed by atoms with van der Waals surface area (Å²) in [5.74, 6) is -1.82. The van der Waals surface area contributed by atoms with Gasteiger partial charge in [-0.15, -0.1) is 0 Å². The summed E-state index contributed by atoms with van der Waals surface area (Å²) in [6, 6.07) is 0. The van der Waals surface area contributed by atoms with Crippen molar-refractivity contribution in [1.29, 1.82) is 0 Å². The minimum Gasteiger partial charge on any atom is -0.469 e. The third kappa shape index (κ3) is 8.50. The smallest absolute Gasteiger partial charge is 0.305 e. The molecule has 9 nitrogen and oxygen atoms in total. The molecular weight excluding hydrogens is 420 g/mol. The van der Waals surface area contributed by atoms with E-state index < -0.39 is 36.2 Å². The molecule has 2 aliphatic rings. The summed E-state index contributed by atoms with van der Waals surface area (Å²) in [5.41, 5.74) is 0. The van der Waals surface area contributed by atoms with E-state index in [1.54, 1.807) is 0 Å². The average molecular weight is 457 g/mol. The largest absolute Gasteiger partial charge is 0.469 e. The first-order chi connectivity index (χ1) is 15.3. The first-order valence-corrected chi connectivity index (χ1v) is 11.5. The minimum atomic E-state index is -0.454. The van der Waals surface area contributed by atoms with Crippen molar-refractivity contribution in [2.45, 2.75) is 96.2 Å². The molecule has 0 radical (unpaired) electrons. The molecule has 1 saturated carbocycles. The molecule has 1 saturated heterocycles. The van der Waals surface area contributed by atoms with Crippen LogP contribution in [-0.2, 0) is 42.9 Å². The minimum absolute atomic E-state index is 0.238. The number of hydrogen-bond donors (Lipinski definition) is 0. The predicted octanol–water partition coefficient (Wildman–Crippen LogP) is 2.72. The lowest BCUT2D eigenvalue weighted by molar-refractivity contribution is -0.195. The van der Waals surface area contributed by atoms with E-state index in [-0.39, 0.29) is 24.6 Å². The molecule has 0 spiro atoms. The molecule has 2 rings (SSSR count). The van der Waals surface area contributed by atoms with Gasteiger partial charge in [-0.25, -0.2) is 0 Å². The predicted molar refractivity (Wildman–Crippen MR) is 112 cm³/mol. The van der Waals surface area contributed by atoms with Gasteiger partial charge in [0.25, 0.3) is 0 Å². The van der Waals surface area contributed by atoms with Crippen LogP contribution in [0.2, 0.25) is 0 Å². The molecule has 6 atom stereocenters. The van der Waals surface area contributed by atoms with Crippen molar-refractivity contribution in [3.05, 3.63) is 0 Å². The van der Waals surface area contributed by atoms with E-state index >= 15 is 0 Å². The molecule has 0 aromatic heterocycles. The first kappa shape index (κ1) is 26.3. The van der Waals surface area contributed by atoms with Gasteiger partial charge in [0.2, 0.25) is 0 Å². The highest BCUT2D eigenvalue weighted by Crippen LogP contribution is 2.40. The van der Waals surface area contributed by atoms with Crippen molar-refractivity contribution >= 4 is 24.2 Å². The molecule has 0 bridgehead atoms. The van der Waals surface area contributed by atoms with Crippen LogP contribution in [0.1, 0.15) is 71.6 Å². The van der Waals surface area contributed by atoms with E-state index in [1.807, 2.05) is 0 Å². The maximum Gasteiger partial charge on any atom is 0.305 e. The van der Waals surface area contributed by atoms with Crippen molar-refractivity contribution in [2.24, 2.45) is 11.8 Å². The van der Waals surface area contributed by atoms with Gasteiger partial charge < -0.3 is 28.5 Å². The Morgan fingerprint density at radius 3 is 2.47 bits per heavy atom. The Morgan fingerprint density at radius 1 is 1.09 bits per heavy atom. The number of esters is 3. The number of hydrogen-bond acceptors (Lipinski definition) is 9. The number of carbonyl (C=O) groups is 4. The Kier molecular flexibility index (Phi) is 11.1. The third-order valence-corrected chi connectivity index (χ3v) is 6.09. The summed E-state index contributed by atoms with van der Waals surface area (Å²) in [5, 5.41) is 0. The molecule has 182 valence electrons. The average Bonchev–Trinajstić information content (AvgIpc) is 3.06. The van der Waals surface area contributed by atoms with E-state index in [4.69, 9.17) is 18.9 Å². The summed E-state index contributed by atoms with van der Waals surface area (Å²) in [6.45, 7) is 3.32. The molecule has 2 fully saturated rings. The topological polar surface area (TPSA) is 114 Å². The number of rotatable bonds is 12. The summed E-state index contributed by atoms with van der Waals surface area (Å²) in [6.07, 6.45) is 4.75. The molecule has 9 heteroatoms. The fraction of sp³-hybridized carbons (Fsp3) is 0.826. The van der Waals surface area contributed by atoms with Crippen molar-refractivity contribution in [3.63, 3.8) is 0 Å². The van der Waals surface area contributed by atoms with Gasteiger partial charge in [-0.2, -0.15) is 0 Å². The highest BCUT2D eigenvalue weighted by molar-refractivity contribution is 5.69. The zero-order chi connectivity index (χ0) is 23.5. The standard InChI is InChI=1S/C23H36O9/c1-15(25)30-17(7-6-8-22(27)28-3)10-11-18-19(14-24)21(13-20(18)31-16(2)26)32-23-9-4-5-12-29-23/h14,17-21,23H,4-13H2,1-3H3/t17?,18-,19-,20+,21-,23?/m0/s1. The van der Waals surface area contributed by atoms with E-state index in [1.165, 1.54) is 21.0 Å². The van der Waals surface area contributed by atoms with E-state index in [9.17, 15) is 19.2 Å². The normalized spacial score (nSPS) is 28.5. The second kappa shape index (κ2) is 13.5. The molecule has 0 aromatic carbocycles. The van der Waals surface area contributed by atoms with Gasteiger partial charge in [0, 0.05) is 45.1 Å². The maximum absolute atomic E-state index is 12.0. The fourth-order valence-electron chi connectivity index (χ4n) is 4.61. The Balaban J connectivity index is 2.01. The van der Waals surface area contributed by atoms with Crippen molar-refractivity contribution in [3.8, 4) is 0 Å². The van der Waals surface area contributed by atoms with Crippen LogP contribution in [0.3, 0.4) is 0 Å². The number of ether oxygens (including phenoxy) is 5. The van der Waals surface area contributed by atoms with Crippen LogP contribution >= 0.6 is 0 Å². The SMILES string of the molecule is COC(=O)CCCC(CC[C@H]1[C@H](C=O)[C@@H](OC2CCCCO2)C[C@H]1OC(C)=O)OC(C)=O. The third-order valence-electron chi connectivity index (χ3n) is 6.09. The molecular formula is C23H36O9. The molecule has 0 aromatic rings. The van der Waals surface area contributed by atoms with E-state index in [0.29, 0.717) is 38.7 Å². The quantitative estimate of drug-likeness (QED) is 0.248. The number of methoxy groups -OCH3 is 1. The van der Waals surface area contributed by atoms with Gasteiger partial charge in [0.05, 0.1) is 13.2 Å². The lowest BCUT2D eigenvalue weighted by Crippen LogP contribution is -2.32. The van der Waals surface area contributed by atoms with Gasteiger partial charge in [-0.1, -0.05) is 0 Å². The monoisotopic (exact) mass is 456 g/mol. The Hall–Kier alpha value is -2.00. The van der Waals surface area contributed by atoms with Gasteiger partial charge in [0.15, 0.2) is 6.29 Å². The highest BCUT2D eigenvalue weighted by Gasteiger charge is 2.46. The van der Waals surface area contributed by atoms with Gasteiger partial charge in [0.1, 0.15) is 18.5 Å². The van der Waals surface area contributed by atoms with Gasteiger partial charge in [-0.3, -0.25) is 14.4 Å². The van der Waals surface area contributed by atoms with Crippen LogP contribution in [0.4, 0.5) is 0 Å². The van der Waals surface area contributed by atoms with E-state index in [0.717, 1.165) is 25.5 Å². The van der Waals surface area contributed by atoms with Gasteiger partial charge in [-0.05, 0) is 44.9 Å². The Bertz CT molecular complexity index is 629. The molecule has 32 heavy (non-hydrogen) atoms. The van der Waals surface area contributed by atoms with Gasteiger partial charge >= 0.3 is 17.9 Å². The van der Waals surface area contributed by atoms with Crippen LogP contribution in [-0.4, -0.2) is 62.5 Å². The van der Waals surface area contributed by atoms with Crippen molar-refractivity contribution < 1.29 is 42.9 Å². The van der Waals surface area contributed by atoms with Crippen molar-refractivity contribution in [1.82, 2.24) is 0 Å². The lowest BCUT2D eigenvalue weighted by atomic mass is 9.88. The summed E-state index contributed by atoms with van der Waals surface area (Å²) >= 11 is 0. The number of carbonyl (C=O) groups excluding carboxylic acids is 4. The maximum atomic E-state index is 12.0. The molecule has 0 N–H and O–H groups in total. The zero-order valence-corrected chi connectivity index (χ0v) is 19.3. The van der Waals surface area contributed by atoms with E-state index in [2.05, 4.69) is 4.74 Å². The zero-order valence-electron chi connectivity index (χ0n) is 19.3. The summed E-state index contributed by atoms with van der Waals surface area (Å²) < 4.78 is 27.3. The van der Waals surface area contributed by atoms with Crippen LogP contribution < -0.4 is 0 Å². The molecule has 1 heterocycles. The second-order valence-corrected chi connectivity index (χ2v) is 8.51. The first-order valence-electron chi connectivity index (χ1n) is 11.5. The Morgan fingerprint density at radius 2 is 1.88 bits per heavy atom. The van der Waals surface area contributed by atoms with Crippen LogP contribution in [0, 0.1) is 11.8 Å². The summed E-state index contributed by atoms with van der Waals surface area (Å²) in [4.78, 5) is 46.6. The molecule has 1 aliphatic heterocycles. The van der Waals surface area contributed by atoms with Crippen LogP contribution in [0.25, 0.3) is 0 Å². The number of aldehydes is 1. The van der Waals surface area contributed by atoms with Crippen LogP contribution in [0.15, 0.2) is 0 Å². The Labute approximate surface area is 189 Å². The highest BCUT2D eigenvalue weighted by atomic mass is 16.7. The second-order valence-electron chi connectivity index (χ2n) is 8.51. The fourth-order valence-corrected chi connectivity index (χ4v) is 4.61. The lowest BCUT2D eigenvalue weighted by Gasteiger charge is -2.28. The molecule has 2 unspecified atom stereocenters. The van der Waals surface area contributed by atoms with Crippen LogP contribution in [0.5, 0.6) is 0 Å². The summed E-state index contributed by atoms with van der Waals surface area (Å²) in [7, 11) is 1.33. The molecule has 0 amide bonds. The van der Waals surface area contributed by atoms with Crippen molar-refractivity contribution in [2.75, 3.05) is 13.7 Å². The molecule has 1 aliphatic carbocycles.